The van der Waals surface area contributed by atoms with Gasteiger partial charge in [-0.3, -0.25) is 4.98 Å². The van der Waals surface area contributed by atoms with E-state index in [1.807, 2.05) is 44.2 Å². The summed E-state index contributed by atoms with van der Waals surface area (Å²) in [4.78, 5) is 8.70. The molecule has 0 radical (unpaired) electrons. The minimum absolute atomic E-state index is 0.417. The maximum atomic E-state index is 5.99. The molecule has 100 valence electrons. The van der Waals surface area contributed by atoms with Gasteiger partial charge >= 0.3 is 0 Å². The minimum atomic E-state index is 0.417. The van der Waals surface area contributed by atoms with Crippen molar-refractivity contribution in [3.63, 3.8) is 0 Å². The highest BCUT2D eigenvalue weighted by atomic mass is 16.5. The second-order valence-corrected chi connectivity index (χ2v) is 4.63. The predicted octanol–water partition coefficient (Wildman–Crippen LogP) is 3.00. The summed E-state index contributed by atoms with van der Waals surface area (Å²) in [7, 11) is 0. The zero-order valence-electron chi connectivity index (χ0n) is 11.3. The summed E-state index contributed by atoms with van der Waals surface area (Å²) < 4.78 is 5.34. The van der Waals surface area contributed by atoms with Crippen LogP contribution in [0.4, 0.5) is 5.69 Å². The number of anilines is 1. The Hall–Kier alpha value is -2.69. The molecule has 0 spiro atoms. The van der Waals surface area contributed by atoms with E-state index in [9.17, 15) is 0 Å². The molecule has 0 aliphatic rings. The van der Waals surface area contributed by atoms with Crippen molar-refractivity contribution in [1.82, 2.24) is 15.1 Å². The monoisotopic (exact) mass is 266 g/mol. The molecule has 0 aliphatic heterocycles. The highest BCUT2D eigenvalue weighted by Gasteiger charge is 2.16. The fourth-order valence-corrected chi connectivity index (χ4v) is 2.12. The SMILES string of the molecule is Cc1cccnc1-c1noc(-c2c(C)cccc2N)n1. The molecule has 0 bridgehead atoms. The van der Waals surface area contributed by atoms with Crippen LogP contribution in [0.3, 0.4) is 0 Å². The largest absolute Gasteiger partial charge is 0.398 e. The molecule has 0 aliphatic carbocycles. The van der Waals surface area contributed by atoms with Gasteiger partial charge in [-0.2, -0.15) is 4.98 Å². The predicted molar refractivity (Wildman–Crippen MR) is 76.9 cm³/mol. The van der Waals surface area contributed by atoms with Gasteiger partial charge in [0.25, 0.3) is 5.89 Å². The number of aromatic nitrogens is 3. The van der Waals surface area contributed by atoms with Gasteiger partial charge in [-0.25, -0.2) is 0 Å². The summed E-state index contributed by atoms with van der Waals surface area (Å²) in [6.45, 7) is 3.92. The number of nitrogens with zero attached hydrogens (tertiary/aromatic N) is 3. The molecular weight excluding hydrogens is 252 g/mol. The maximum absolute atomic E-state index is 5.99. The van der Waals surface area contributed by atoms with Crippen LogP contribution in [0.5, 0.6) is 0 Å². The Balaban J connectivity index is 2.10. The highest BCUT2D eigenvalue weighted by molar-refractivity contribution is 5.74. The zero-order valence-corrected chi connectivity index (χ0v) is 11.3. The smallest absolute Gasteiger partial charge is 0.260 e. The van der Waals surface area contributed by atoms with Crippen LogP contribution in [-0.4, -0.2) is 15.1 Å². The van der Waals surface area contributed by atoms with Crippen molar-refractivity contribution in [2.24, 2.45) is 0 Å². The van der Waals surface area contributed by atoms with Gasteiger partial charge in [0.15, 0.2) is 0 Å². The number of nitrogen functional groups attached to an aromatic ring is 1. The second kappa shape index (κ2) is 4.77. The van der Waals surface area contributed by atoms with Crippen molar-refractivity contribution >= 4 is 5.69 Å². The van der Waals surface area contributed by atoms with E-state index in [1.54, 1.807) is 6.20 Å². The molecule has 5 nitrogen and oxygen atoms in total. The molecule has 20 heavy (non-hydrogen) atoms. The first-order valence-corrected chi connectivity index (χ1v) is 6.28. The van der Waals surface area contributed by atoms with Gasteiger partial charge in [0.1, 0.15) is 5.69 Å². The fourth-order valence-electron chi connectivity index (χ4n) is 2.12. The Morgan fingerprint density at radius 2 is 1.85 bits per heavy atom. The average Bonchev–Trinajstić information content (AvgIpc) is 2.88. The molecule has 5 heteroatoms. The molecule has 0 unspecified atom stereocenters. The molecule has 0 atom stereocenters. The lowest BCUT2D eigenvalue weighted by Crippen LogP contribution is -1.93. The van der Waals surface area contributed by atoms with Crippen molar-refractivity contribution in [2.75, 3.05) is 5.73 Å². The number of hydrogen-bond donors (Lipinski definition) is 1. The number of hydrogen-bond acceptors (Lipinski definition) is 5. The lowest BCUT2D eigenvalue weighted by atomic mass is 10.1. The Bertz CT molecular complexity index is 744. The van der Waals surface area contributed by atoms with Crippen LogP contribution in [-0.2, 0) is 0 Å². The fraction of sp³-hybridized carbons (Fsp3) is 0.133. The minimum Gasteiger partial charge on any atom is -0.398 e. The van der Waals surface area contributed by atoms with Crippen LogP contribution in [0.15, 0.2) is 41.1 Å². The molecule has 2 aromatic heterocycles. The summed E-state index contributed by atoms with van der Waals surface area (Å²) >= 11 is 0. The van der Waals surface area contributed by atoms with Crippen LogP contribution in [0.1, 0.15) is 11.1 Å². The molecule has 2 N–H and O–H groups in total. The summed E-state index contributed by atoms with van der Waals surface area (Å²) in [6.07, 6.45) is 1.71. The molecule has 2 heterocycles. The number of pyridine rings is 1. The van der Waals surface area contributed by atoms with Gasteiger partial charge < -0.3 is 10.3 Å². The van der Waals surface area contributed by atoms with E-state index in [1.165, 1.54) is 0 Å². The third-order valence-corrected chi connectivity index (χ3v) is 3.17. The first-order chi connectivity index (χ1) is 9.66. The van der Waals surface area contributed by atoms with Crippen molar-refractivity contribution < 1.29 is 4.52 Å². The van der Waals surface area contributed by atoms with E-state index >= 15 is 0 Å². The first-order valence-electron chi connectivity index (χ1n) is 6.28. The van der Waals surface area contributed by atoms with Crippen LogP contribution >= 0.6 is 0 Å². The van der Waals surface area contributed by atoms with Crippen LogP contribution in [0.25, 0.3) is 23.0 Å². The quantitative estimate of drug-likeness (QED) is 0.721. The highest BCUT2D eigenvalue weighted by Crippen LogP contribution is 2.29. The number of rotatable bonds is 2. The van der Waals surface area contributed by atoms with E-state index in [4.69, 9.17) is 10.3 Å². The number of benzene rings is 1. The van der Waals surface area contributed by atoms with E-state index in [0.717, 1.165) is 22.4 Å². The lowest BCUT2D eigenvalue weighted by molar-refractivity contribution is 0.432. The second-order valence-electron chi connectivity index (χ2n) is 4.63. The van der Waals surface area contributed by atoms with E-state index in [2.05, 4.69) is 15.1 Å². The van der Waals surface area contributed by atoms with Crippen LogP contribution in [0, 0.1) is 13.8 Å². The zero-order chi connectivity index (χ0) is 14.1. The maximum Gasteiger partial charge on any atom is 0.260 e. The molecule has 0 saturated carbocycles. The Morgan fingerprint density at radius 1 is 1.05 bits per heavy atom. The Morgan fingerprint density at radius 3 is 2.60 bits per heavy atom. The Kier molecular flexibility index (Phi) is 2.95. The average molecular weight is 266 g/mol. The molecule has 3 aromatic rings. The standard InChI is InChI=1S/C15H14N4O/c1-9-5-3-7-11(16)12(9)15-18-14(19-20-15)13-10(2)6-4-8-17-13/h3-8H,16H2,1-2H3. The summed E-state index contributed by atoms with van der Waals surface area (Å²) in [5.74, 6) is 0.890. The van der Waals surface area contributed by atoms with Crippen molar-refractivity contribution in [3.05, 3.63) is 47.7 Å². The topological polar surface area (TPSA) is 77.8 Å². The first kappa shape index (κ1) is 12.3. The van der Waals surface area contributed by atoms with Gasteiger partial charge in [0.05, 0.1) is 5.56 Å². The van der Waals surface area contributed by atoms with Crippen molar-refractivity contribution in [2.45, 2.75) is 13.8 Å². The van der Waals surface area contributed by atoms with Crippen LogP contribution < -0.4 is 5.73 Å². The third-order valence-electron chi connectivity index (χ3n) is 3.17. The van der Waals surface area contributed by atoms with Gasteiger partial charge in [0.2, 0.25) is 5.82 Å². The molecular formula is C15H14N4O. The lowest BCUT2D eigenvalue weighted by Gasteiger charge is -2.03. The molecule has 0 amide bonds. The van der Waals surface area contributed by atoms with Crippen LogP contribution in [0.2, 0.25) is 0 Å². The number of nitrogens with two attached hydrogens (primary N) is 1. The molecule has 0 fully saturated rings. The third kappa shape index (κ3) is 2.03. The van der Waals surface area contributed by atoms with E-state index in [0.29, 0.717) is 17.4 Å². The van der Waals surface area contributed by atoms with E-state index < -0.39 is 0 Å². The van der Waals surface area contributed by atoms with Gasteiger partial charge in [-0.05, 0) is 37.1 Å². The summed E-state index contributed by atoms with van der Waals surface area (Å²) in [5, 5.41) is 4.00. The Labute approximate surface area is 116 Å². The van der Waals surface area contributed by atoms with Gasteiger partial charge in [-0.15, -0.1) is 0 Å². The van der Waals surface area contributed by atoms with Crippen molar-refractivity contribution in [3.8, 4) is 23.0 Å². The normalized spacial score (nSPS) is 10.7. The summed E-state index contributed by atoms with van der Waals surface area (Å²) in [5.41, 5.74) is 10.1. The van der Waals surface area contributed by atoms with Crippen molar-refractivity contribution in [1.29, 1.82) is 0 Å². The van der Waals surface area contributed by atoms with Gasteiger partial charge in [-0.1, -0.05) is 23.4 Å². The number of aryl methyl sites for hydroxylation is 2. The summed E-state index contributed by atoms with van der Waals surface area (Å²) in [6, 6.07) is 9.51. The molecule has 0 saturated heterocycles. The van der Waals surface area contributed by atoms with Gasteiger partial charge in [0, 0.05) is 11.9 Å². The molecule has 3 rings (SSSR count). The van der Waals surface area contributed by atoms with E-state index in [-0.39, 0.29) is 0 Å². The molecule has 1 aromatic carbocycles.